The van der Waals surface area contributed by atoms with Gasteiger partial charge in [-0.05, 0) is 41.7 Å². The summed E-state index contributed by atoms with van der Waals surface area (Å²) < 4.78 is 0. The lowest BCUT2D eigenvalue weighted by Gasteiger charge is -2.26. The van der Waals surface area contributed by atoms with Crippen molar-refractivity contribution >= 4 is 5.78 Å². The van der Waals surface area contributed by atoms with Gasteiger partial charge in [-0.2, -0.15) is 0 Å². The van der Waals surface area contributed by atoms with Crippen LogP contribution >= 0.6 is 0 Å². The summed E-state index contributed by atoms with van der Waals surface area (Å²) in [6, 6.07) is 0. The first kappa shape index (κ1) is 12.6. The van der Waals surface area contributed by atoms with Crippen molar-refractivity contribution in [2.45, 2.75) is 45.7 Å². The summed E-state index contributed by atoms with van der Waals surface area (Å²) >= 11 is 0. The standard InChI is InChI=1S/C10H22N2O/c1-9(2,3)12-7-8(13)10(4,5)11-6/h11-12H,7H2,1-6H3. The zero-order valence-electron chi connectivity index (χ0n) is 9.62. The third-order valence-electron chi connectivity index (χ3n) is 2.10. The highest BCUT2D eigenvalue weighted by Crippen LogP contribution is 2.04. The highest BCUT2D eigenvalue weighted by Gasteiger charge is 2.25. The normalized spacial score (nSPS) is 13.1. The second-order valence-electron chi connectivity index (χ2n) is 4.90. The predicted octanol–water partition coefficient (Wildman–Crippen LogP) is 0.942. The van der Waals surface area contributed by atoms with Gasteiger partial charge in [-0.3, -0.25) is 4.79 Å². The molecule has 0 aromatic rings. The molecule has 13 heavy (non-hydrogen) atoms. The molecule has 0 rings (SSSR count). The predicted molar refractivity (Wildman–Crippen MR) is 55.9 cm³/mol. The number of hydrogen-bond donors (Lipinski definition) is 2. The number of carbonyl (C=O) groups excluding carboxylic acids is 1. The van der Waals surface area contributed by atoms with E-state index in [0.29, 0.717) is 6.54 Å². The number of hydrogen-bond acceptors (Lipinski definition) is 3. The minimum atomic E-state index is -0.432. The van der Waals surface area contributed by atoms with E-state index in [1.54, 1.807) is 7.05 Å². The molecule has 0 heterocycles. The maximum atomic E-state index is 11.6. The van der Waals surface area contributed by atoms with Crippen LogP contribution in [0.4, 0.5) is 0 Å². The van der Waals surface area contributed by atoms with E-state index in [1.807, 2.05) is 34.6 Å². The number of Topliss-reactive ketones (excluding diaryl/α,β-unsaturated/α-hetero) is 1. The Morgan fingerprint density at radius 3 is 1.92 bits per heavy atom. The van der Waals surface area contributed by atoms with Crippen molar-refractivity contribution in [3.05, 3.63) is 0 Å². The number of rotatable bonds is 4. The molecule has 0 radical (unpaired) electrons. The second kappa shape index (κ2) is 4.20. The summed E-state index contributed by atoms with van der Waals surface area (Å²) in [5, 5.41) is 6.16. The zero-order valence-corrected chi connectivity index (χ0v) is 9.62. The van der Waals surface area contributed by atoms with Crippen molar-refractivity contribution in [2.75, 3.05) is 13.6 Å². The molecule has 3 nitrogen and oxygen atoms in total. The monoisotopic (exact) mass is 186 g/mol. The van der Waals surface area contributed by atoms with E-state index >= 15 is 0 Å². The Kier molecular flexibility index (Phi) is 4.07. The Balaban J connectivity index is 4.03. The van der Waals surface area contributed by atoms with Gasteiger partial charge in [0.1, 0.15) is 0 Å². The van der Waals surface area contributed by atoms with Crippen LogP contribution in [-0.2, 0) is 4.79 Å². The Bertz CT molecular complexity index is 180. The van der Waals surface area contributed by atoms with Gasteiger partial charge in [-0.1, -0.05) is 0 Å². The summed E-state index contributed by atoms with van der Waals surface area (Å²) in [6.07, 6.45) is 0. The van der Waals surface area contributed by atoms with E-state index in [9.17, 15) is 4.79 Å². The van der Waals surface area contributed by atoms with Crippen molar-refractivity contribution < 1.29 is 4.79 Å². The summed E-state index contributed by atoms with van der Waals surface area (Å²) in [5.74, 6) is 0.185. The van der Waals surface area contributed by atoms with Gasteiger partial charge in [-0.15, -0.1) is 0 Å². The van der Waals surface area contributed by atoms with E-state index in [0.717, 1.165) is 0 Å². The Labute approximate surface area is 81.3 Å². The van der Waals surface area contributed by atoms with Crippen molar-refractivity contribution in [1.82, 2.24) is 10.6 Å². The highest BCUT2D eigenvalue weighted by molar-refractivity contribution is 5.89. The van der Waals surface area contributed by atoms with Crippen LogP contribution in [0.1, 0.15) is 34.6 Å². The molecule has 78 valence electrons. The Hall–Kier alpha value is -0.410. The summed E-state index contributed by atoms with van der Waals surface area (Å²) in [5.41, 5.74) is -0.433. The first-order valence-electron chi connectivity index (χ1n) is 4.66. The molecule has 0 aliphatic heterocycles. The maximum Gasteiger partial charge on any atom is 0.165 e. The van der Waals surface area contributed by atoms with E-state index in [2.05, 4.69) is 10.6 Å². The molecule has 3 heteroatoms. The third-order valence-corrected chi connectivity index (χ3v) is 2.10. The van der Waals surface area contributed by atoms with Crippen LogP contribution in [0.3, 0.4) is 0 Å². The fourth-order valence-corrected chi connectivity index (χ4v) is 0.706. The Morgan fingerprint density at radius 1 is 1.15 bits per heavy atom. The number of likely N-dealkylation sites (N-methyl/N-ethyl adjacent to an activating group) is 1. The van der Waals surface area contributed by atoms with Crippen LogP contribution < -0.4 is 10.6 Å². The minimum absolute atomic E-state index is 0.000514. The van der Waals surface area contributed by atoms with Crippen LogP contribution in [0.2, 0.25) is 0 Å². The first-order valence-corrected chi connectivity index (χ1v) is 4.66. The van der Waals surface area contributed by atoms with Gasteiger partial charge in [0.05, 0.1) is 12.1 Å². The van der Waals surface area contributed by atoms with Crippen LogP contribution in [0.15, 0.2) is 0 Å². The van der Waals surface area contributed by atoms with E-state index in [-0.39, 0.29) is 11.3 Å². The van der Waals surface area contributed by atoms with Crippen molar-refractivity contribution in [3.63, 3.8) is 0 Å². The van der Waals surface area contributed by atoms with Crippen molar-refractivity contribution in [2.24, 2.45) is 0 Å². The average Bonchev–Trinajstić information content (AvgIpc) is 1.98. The smallest absolute Gasteiger partial charge is 0.165 e. The number of carbonyl (C=O) groups is 1. The van der Waals surface area contributed by atoms with Crippen LogP contribution in [-0.4, -0.2) is 30.5 Å². The number of nitrogens with one attached hydrogen (secondary N) is 2. The van der Waals surface area contributed by atoms with Gasteiger partial charge in [0.25, 0.3) is 0 Å². The Morgan fingerprint density at radius 2 is 1.62 bits per heavy atom. The first-order chi connectivity index (χ1) is 5.69. The van der Waals surface area contributed by atoms with Gasteiger partial charge in [0, 0.05) is 5.54 Å². The molecule has 0 bridgehead atoms. The number of ketones is 1. The van der Waals surface area contributed by atoms with Gasteiger partial charge >= 0.3 is 0 Å². The van der Waals surface area contributed by atoms with Crippen LogP contribution in [0.5, 0.6) is 0 Å². The lowest BCUT2D eigenvalue weighted by Crippen LogP contribution is -2.51. The van der Waals surface area contributed by atoms with E-state index in [4.69, 9.17) is 0 Å². The van der Waals surface area contributed by atoms with Gasteiger partial charge in [-0.25, -0.2) is 0 Å². The molecule has 0 aromatic carbocycles. The molecule has 0 aromatic heterocycles. The molecule has 0 saturated carbocycles. The van der Waals surface area contributed by atoms with Crippen LogP contribution in [0, 0.1) is 0 Å². The topological polar surface area (TPSA) is 41.1 Å². The van der Waals surface area contributed by atoms with E-state index in [1.165, 1.54) is 0 Å². The lowest BCUT2D eigenvalue weighted by atomic mass is 9.98. The highest BCUT2D eigenvalue weighted by atomic mass is 16.1. The molecule has 2 N–H and O–H groups in total. The third kappa shape index (κ3) is 5.01. The molecule has 0 atom stereocenters. The van der Waals surface area contributed by atoms with Gasteiger partial charge in [0.2, 0.25) is 0 Å². The van der Waals surface area contributed by atoms with Gasteiger partial charge < -0.3 is 10.6 Å². The largest absolute Gasteiger partial charge is 0.308 e. The molecular formula is C10H22N2O. The van der Waals surface area contributed by atoms with Crippen LogP contribution in [0.25, 0.3) is 0 Å². The summed E-state index contributed by atoms with van der Waals surface area (Å²) in [4.78, 5) is 11.6. The molecule has 0 fully saturated rings. The van der Waals surface area contributed by atoms with Crippen molar-refractivity contribution in [3.8, 4) is 0 Å². The van der Waals surface area contributed by atoms with E-state index < -0.39 is 5.54 Å². The van der Waals surface area contributed by atoms with Gasteiger partial charge in [0.15, 0.2) is 5.78 Å². The summed E-state index contributed by atoms with van der Waals surface area (Å²) in [6.45, 7) is 10.3. The molecule has 0 saturated heterocycles. The second-order valence-corrected chi connectivity index (χ2v) is 4.90. The molecule has 0 aliphatic carbocycles. The zero-order chi connectivity index (χ0) is 10.7. The fourth-order valence-electron chi connectivity index (χ4n) is 0.706. The lowest BCUT2D eigenvalue weighted by molar-refractivity contribution is -0.123. The average molecular weight is 186 g/mol. The fraction of sp³-hybridized carbons (Fsp3) is 0.900. The molecule has 0 aliphatic rings. The molecule has 0 spiro atoms. The molecule has 0 unspecified atom stereocenters. The minimum Gasteiger partial charge on any atom is -0.308 e. The summed E-state index contributed by atoms with van der Waals surface area (Å²) in [7, 11) is 1.80. The maximum absolute atomic E-state index is 11.6. The molecule has 0 amide bonds. The SMILES string of the molecule is CNC(C)(C)C(=O)CNC(C)(C)C. The quantitative estimate of drug-likeness (QED) is 0.686. The van der Waals surface area contributed by atoms with Crippen molar-refractivity contribution in [1.29, 1.82) is 0 Å². The molecular weight excluding hydrogens is 164 g/mol.